The van der Waals surface area contributed by atoms with E-state index in [4.69, 9.17) is 14.3 Å². The highest BCUT2D eigenvalue weighted by atomic mass is 31.2. The minimum absolute atomic E-state index is 0. The zero-order valence-electron chi connectivity index (χ0n) is 19.7. The molecule has 2 rings (SSSR count). The van der Waals surface area contributed by atoms with Crippen molar-refractivity contribution in [1.82, 2.24) is 11.1 Å². The van der Waals surface area contributed by atoms with Crippen LogP contribution in [0.1, 0.15) is 110 Å². The van der Waals surface area contributed by atoms with Gasteiger partial charge in [0.1, 0.15) is 0 Å². The summed E-state index contributed by atoms with van der Waals surface area (Å²) in [5.74, 6) is 2.11. The molecule has 1 saturated heterocycles. The molecule has 0 aromatic heterocycles. The Hall–Kier alpha value is -0.460. The molecule has 3 atom stereocenters. The summed E-state index contributed by atoms with van der Waals surface area (Å²) in [6, 6.07) is 0. The fourth-order valence-electron chi connectivity index (χ4n) is 4.81. The van der Waals surface area contributed by atoms with Crippen LogP contribution in [-0.2, 0) is 13.9 Å². The van der Waals surface area contributed by atoms with Gasteiger partial charge in [-0.1, -0.05) is 84.0 Å². The van der Waals surface area contributed by atoms with Gasteiger partial charge in [-0.25, -0.2) is 4.57 Å². The first kappa shape index (κ1) is 28.6. The lowest BCUT2D eigenvalue weighted by molar-refractivity contribution is -0.130. The fraction of sp³-hybridized carbons (Fsp3) is 0.957. The number of likely N-dealkylation sites (tertiary alicyclic amines) is 1. The number of unbranched alkanes of at least 4 members (excludes halogenated alkanes) is 9. The fourth-order valence-corrected chi connectivity index (χ4v) is 5.37. The Morgan fingerprint density at radius 1 is 0.935 bits per heavy atom. The number of rotatable bonds is 17. The molecular weight excluding hydrogens is 415 g/mol. The number of carbonyl (C=O) groups excluding carboxylic acids is 1. The van der Waals surface area contributed by atoms with Crippen LogP contribution in [0.2, 0.25) is 0 Å². The van der Waals surface area contributed by atoms with Gasteiger partial charge >= 0.3 is 7.82 Å². The van der Waals surface area contributed by atoms with Crippen molar-refractivity contribution in [3.05, 3.63) is 0 Å². The van der Waals surface area contributed by atoms with E-state index in [1.165, 1.54) is 77.0 Å². The average Bonchev–Trinajstić information content (AvgIpc) is 3.27. The van der Waals surface area contributed by atoms with Crippen molar-refractivity contribution in [2.24, 2.45) is 11.8 Å². The molecule has 0 bridgehead atoms. The van der Waals surface area contributed by atoms with E-state index in [-0.39, 0.29) is 12.1 Å². The van der Waals surface area contributed by atoms with Crippen molar-refractivity contribution >= 4 is 13.7 Å². The molecule has 1 amide bonds. The van der Waals surface area contributed by atoms with E-state index in [1.807, 2.05) is 0 Å². The Morgan fingerprint density at radius 2 is 1.48 bits per heavy atom. The van der Waals surface area contributed by atoms with Crippen molar-refractivity contribution in [2.75, 3.05) is 13.1 Å². The second-order valence-corrected chi connectivity index (χ2v) is 10.7. The lowest BCUT2D eigenvalue weighted by atomic mass is 10.0. The number of amides is 1. The van der Waals surface area contributed by atoms with Crippen LogP contribution >= 0.6 is 7.82 Å². The Bertz CT molecular complexity index is 542. The van der Waals surface area contributed by atoms with Gasteiger partial charge in [-0.05, 0) is 31.1 Å². The summed E-state index contributed by atoms with van der Waals surface area (Å²) >= 11 is 0. The second-order valence-electron chi connectivity index (χ2n) is 9.47. The Kier molecular flexibility index (Phi) is 14.2. The van der Waals surface area contributed by atoms with E-state index in [0.29, 0.717) is 25.9 Å². The molecule has 1 aliphatic carbocycles. The number of phosphoric ester groups is 1. The summed E-state index contributed by atoms with van der Waals surface area (Å²) in [6.45, 7) is 3.10. The standard InChI is InChI=1S/C23H44NO5P.H3N/c1-2-3-4-5-7-10-13-20-18-21(20)14-11-8-6-9-12-15-23(25)24-17-16-22(19-24)29-30(26,27)28;/h20-22H,2-19H2,1H3,(H2,26,27,28);1H3/t20-,21+,22+;/m0./s1. The summed E-state index contributed by atoms with van der Waals surface area (Å²) in [5.41, 5.74) is 0. The lowest BCUT2D eigenvalue weighted by Crippen LogP contribution is -2.29. The van der Waals surface area contributed by atoms with Gasteiger partial charge in [0.15, 0.2) is 0 Å². The normalized spacial score (nSPS) is 23.1. The molecule has 1 heterocycles. The summed E-state index contributed by atoms with van der Waals surface area (Å²) in [7, 11) is -4.46. The maximum Gasteiger partial charge on any atom is 0.469 e. The van der Waals surface area contributed by atoms with Crippen LogP contribution < -0.4 is 6.15 Å². The van der Waals surface area contributed by atoms with E-state index in [9.17, 15) is 9.36 Å². The van der Waals surface area contributed by atoms with Gasteiger partial charge in [0.25, 0.3) is 0 Å². The highest BCUT2D eigenvalue weighted by Gasteiger charge is 2.35. The molecule has 1 saturated carbocycles. The predicted molar refractivity (Wildman–Crippen MR) is 125 cm³/mol. The molecule has 0 unspecified atom stereocenters. The number of hydrogen-bond acceptors (Lipinski definition) is 4. The molecule has 184 valence electrons. The maximum atomic E-state index is 12.2. The van der Waals surface area contributed by atoms with Crippen molar-refractivity contribution in [3.8, 4) is 0 Å². The molecule has 0 radical (unpaired) electrons. The molecule has 2 aliphatic rings. The van der Waals surface area contributed by atoms with Crippen LogP contribution in [0.25, 0.3) is 0 Å². The smallest absolute Gasteiger partial charge is 0.344 e. The lowest BCUT2D eigenvalue weighted by Gasteiger charge is -2.16. The highest BCUT2D eigenvalue weighted by Crippen LogP contribution is 2.45. The molecule has 8 heteroatoms. The largest absolute Gasteiger partial charge is 0.469 e. The quantitative estimate of drug-likeness (QED) is 0.181. The van der Waals surface area contributed by atoms with Crippen LogP contribution in [-0.4, -0.2) is 39.8 Å². The van der Waals surface area contributed by atoms with Gasteiger partial charge in [0, 0.05) is 19.5 Å². The third-order valence-electron chi connectivity index (χ3n) is 6.75. The Morgan fingerprint density at radius 3 is 2.06 bits per heavy atom. The molecule has 7 nitrogen and oxygen atoms in total. The van der Waals surface area contributed by atoms with Crippen LogP contribution in [0.15, 0.2) is 0 Å². The molecule has 31 heavy (non-hydrogen) atoms. The van der Waals surface area contributed by atoms with Gasteiger partial charge in [0.05, 0.1) is 6.10 Å². The molecular formula is C23H47N2O5P. The molecule has 0 aromatic carbocycles. The molecule has 2 fully saturated rings. The monoisotopic (exact) mass is 462 g/mol. The molecule has 0 spiro atoms. The number of phosphoric acid groups is 1. The van der Waals surface area contributed by atoms with Crippen LogP contribution in [0.4, 0.5) is 0 Å². The molecule has 0 aromatic rings. The third kappa shape index (κ3) is 13.0. The summed E-state index contributed by atoms with van der Waals surface area (Å²) in [6.07, 6.45) is 19.0. The van der Waals surface area contributed by atoms with E-state index < -0.39 is 13.9 Å². The average molecular weight is 463 g/mol. The van der Waals surface area contributed by atoms with Gasteiger partial charge in [-0.15, -0.1) is 0 Å². The SMILES string of the molecule is CCCCCCCC[C@H]1C[C@H]1CCCCCCCC(=O)N1CC[C@@H](OP(=O)(O)O)C1.N. The van der Waals surface area contributed by atoms with E-state index in [1.54, 1.807) is 4.90 Å². The summed E-state index contributed by atoms with van der Waals surface area (Å²) in [4.78, 5) is 31.6. The zero-order valence-corrected chi connectivity index (χ0v) is 20.6. The summed E-state index contributed by atoms with van der Waals surface area (Å²) in [5, 5.41) is 0. The first-order chi connectivity index (χ1) is 14.4. The second kappa shape index (κ2) is 15.4. The number of nitrogens with zero attached hydrogens (tertiary/aromatic N) is 1. The van der Waals surface area contributed by atoms with Crippen molar-refractivity contribution in [3.63, 3.8) is 0 Å². The highest BCUT2D eigenvalue weighted by molar-refractivity contribution is 7.46. The van der Waals surface area contributed by atoms with E-state index in [2.05, 4.69) is 6.92 Å². The topological polar surface area (TPSA) is 122 Å². The molecule has 1 aliphatic heterocycles. The van der Waals surface area contributed by atoms with Gasteiger partial charge in [0.2, 0.25) is 5.91 Å². The Labute approximate surface area is 189 Å². The molecule has 5 N–H and O–H groups in total. The van der Waals surface area contributed by atoms with Crippen LogP contribution in [0.3, 0.4) is 0 Å². The van der Waals surface area contributed by atoms with Crippen LogP contribution in [0.5, 0.6) is 0 Å². The number of hydrogen-bond donors (Lipinski definition) is 3. The van der Waals surface area contributed by atoms with Gasteiger partial charge in [-0.2, -0.15) is 0 Å². The van der Waals surface area contributed by atoms with Crippen molar-refractivity contribution in [1.29, 1.82) is 0 Å². The number of carbonyl (C=O) groups is 1. The van der Waals surface area contributed by atoms with Gasteiger partial charge in [-0.3, -0.25) is 9.32 Å². The van der Waals surface area contributed by atoms with E-state index in [0.717, 1.165) is 24.7 Å². The van der Waals surface area contributed by atoms with E-state index >= 15 is 0 Å². The van der Waals surface area contributed by atoms with Crippen molar-refractivity contribution in [2.45, 2.75) is 116 Å². The maximum absolute atomic E-state index is 12.2. The first-order valence-corrected chi connectivity index (χ1v) is 13.9. The first-order valence-electron chi connectivity index (χ1n) is 12.4. The van der Waals surface area contributed by atoms with Crippen molar-refractivity contribution < 1.29 is 23.7 Å². The van der Waals surface area contributed by atoms with Crippen LogP contribution in [0, 0.1) is 11.8 Å². The summed E-state index contributed by atoms with van der Waals surface area (Å²) < 4.78 is 15.6. The zero-order chi connectivity index (χ0) is 21.8. The minimum Gasteiger partial charge on any atom is -0.344 e. The minimum atomic E-state index is -4.46. The third-order valence-corrected chi connectivity index (χ3v) is 7.32. The predicted octanol–water partition coefficient (Wildman–Crippen LogP) is 5.98. The van der Waals surface area contributed by atoms with Gasteiger partial charge < -0.3 is 20.8 Å². The Balaban J connectivity index is 0.00000480.